The molecule has 0 spiro atoms. The number of ether oxygens (including phenoxy) is 1. The molecule has 1 N–H and O–H groups in total. The summed E-state index contributed by atoms with van der Waals surface area (Å²) in [5.41, 5.74) is 0.560. The molecule has 0 saturated carbocycles. The molecule has 0 heterocycles. The van der Waals surface area contributed by atoms with E-state index in [1.165, 1.54) is 4.90 Å². The van der Waals surface area contributed by atoms with Gasteiger partial charge in [-0.3, -0.25) is 0 Å². The summed E-state index contributed by atoms with van der Waals surface area (Å²) in [4.78, 5) is 12.6. The van der Waals surface area contributed by atoms with Crippen LogP contribution in [0, 0.1) is 11.8 Å². The van der Waals surface area contributed by atoms with E-state index in [4.69, 9.17) is 4.74 Å². The van der Waals surface area contributed by atoms with Crippen LogP contribution in [-0.4, -0.2) is 24.5 Å². The van der Waals surface area contributed by atoms with Gasteiger partial charge in [-0.05, 0) is 39.2 Å². The summed E-state index contributed by atoms with van der Waals surface area (Å²) in [6, 6.07) is 8.03. The van der Waals surface area contributed by atoms with Crippen LogP contribution in [0.25, 0.3) is 0 Å². The molecule has 0 atom stereocenters. The number of carbonyl (C=O) groups is 1. The zero-order valence-corrected chi connectivity index (χ0v) is 13.3. The summed E-state index contributed by atoms with van der Waals surface area (Å²) in [7, 11) is 0. The van der Waals surface area contributed by atoms with Crippen LogP contribution >= 0.6 is 11.8 Å². The standard InChI is InChI=1S/C16H21NO2S/c1-16(2,3)19-15(18)17-12-8-7-10-13-9-5-6-11-14(13)20-4/h5-6,9,11H,8,12H2,1-4H3,(H,17,18). The van der Waals surface area contributed by atoms with Gasteiger partial charge in [-0.25, -0.2) is 4.79 Å². The van der Waals surface area contributed by atoms with E-state index in [0.717, 1.165) is 5.56 Å². The third kappa shape index (κ3) is 6.53. The normalized spacial score (nSPS) is 10.4. The van der Waals surface area contributed by atoms with E-state index in [2.05, 4.69) is 17.2 Å². The first-order valence-corrected chi connectivity index (χ1v) is 7.73. The second kappa shape index (κ2) is 7.86. The molecule has 0 saturated heterocycles. The minimum absolute atomic E-state index is 0.399. The predicted molar refractivity (Wildman–Crippen MR) is 84.0 cm³/mol. The maximum absolute atomic E-state index is 11.4. The van der Waals surface area contributed by atoms with E-state index in [0.29, 0.717) is 13.0 Å². The van der Waals surface area contributed by atoms with Gasteiger partial charge in [-0.2, -0.15) is 0 Å². The third-order valence-electron chi connectivity index (χ3n) is 2.25. The van der Waals surface area contributed by atoms with Gasteiger partial charge in [0.2, 0.25) is 0 Å². The average Bonchev–Trinajstić information content (AvgIpc) is 2.36. The minimum atomic E-state index is -0.465. The van der Waals surface area contributed by atoms with Gasteiger partial charge in [0.05, 0.1) is 0 Å². The Morgan fingerprint density at radius 1 is 1.35 bits per heavy atom. The van der Waals surface area contributed by atoms with Crippen molar-refractivity contribution in [3.63, 3.8) is 0 Å². The quantitative estimate of drug-likeness (QED) is 0.524. The second-order valence-corrected chi connectivity index (χ2v) is 6.03. The molecule has 0 aliphatic heterocycles. The zero-order chi connectivity index (χ0) is 15.0. The predicted octanol–water partition coefficient (Wildman–Crippen LogP) is 3.67. The molecule has 0 fully saturated rings. The Bertz CT molecular complexity index is 509. The number of nitrogens with one attached hydrogen (secondary N) is 1. The van der Waals surface area contributed by atoms with Crippen LogP contribution in [-0.2, 0) is 4.74 Å². The number of carbonyl (C=O) groups excluding carboxylic acids is 1. The van der Waals surface area contributed by atoms with Crippen molar-refractivity contribution < 1.29 is 9.53 Å². The summed E-state index contributed by atoms with van der Waals surface area (Å²) in [5, 5.41) is 2.69. The highest BCUT2D eigenvalue weighted by atomic mass is 32.2. The second-order valence-electron chi connectivity index (χ2n) is 5.18. The molecule has 4 heteroatoms. The highest BCUT2D eigenvalue weighted by Crippen LogP contribution is 2.18. The average molecular weight is 291 g/mol. The summed E-state index contributed by atoms with van der Waals surface area (Å²) >= 11 is 1.68. The van der Waals surface area contributed by atoms with Gasteiger partial charge in [0.1, 0.15) is 5.60 Å². The molecular formula is C16H21NO2S. The number of thioether (sulfide) groups is 1. The first-order valence-electron chi connectivity index (χ1n) is 6.51. The lowest BCUT2D eigenvalue weighted by molar-refractivity contribution is 0.0529. The molecule has 3 nitrogen and oxygen atoms in total. The van der Waals surface area contributed by atoms with Crippen molar-refractivity contribution in [3.05, 3.63) is 29.8 Å². The Kier molecular flexibility index (Phi) is 6.47. The molecule has 0 unspecified atom stereocenters. The fourth-order valence-electron chi connectivity index (χ4n) is 1.45. The van der Waals surface area contributed by atoms with Gasteiger partial charge in [-0.1, -0.05) is 24.0 Å². The van der Waals surface area contributed by atoms with Crippen molar-refractivity contribution in [1.82, 2.24) is 5.32 Å². The van der Waals surface area contributed by atoms with Crippen LogP contribution in [0.4, 0.5) is 4.79 Å². The first kappa shape index (κ1) is 16.5. The van der Waals surface area contributed by atoms with Crippen molar-refractivity contribution in [1.29, 1.82) is 0 Å². The van der Waals surface area contributed by atoms with Crippen LogP contribution in [0.15, 0.2) is 29.2 Å². The Morgan fingerprint density at radius 3 is 2.70 bits per heavy atom. The van der Waals surface area contributed by atoms with Gasteiger partial charge >= 0.3 is 6.09 Å². The highest BCUT2D eigenvalue weighted by Gasteiger charge is 2.15. The molecule has 0 aliphatic carbocycles. The van der Waals surface area contributed by atoms with E-state index < -0.39 is 11.7 Å². The van der Waals surface area contributed by atoms with Crippen LogP contribution < -0.4 is 5.32 Å². The summed E-state index contributed by atoms with van der Waals surface area (Å²) in [6.45, 7) is 6.01. The Labute approximate surface area is 125 Å². The van der Waals surface area contributed by atoms with Gasteiger partial charge < -0.3 is 10.1 Å². The minimum Gasteiger partial charge on any atom is -0.444 e. The fourth-order valence-corrected chi connectivity index (χ4v) is 2.00. The largest absolute Gasteiger partial charge is 0.444 e. The topological polar surface area (TPSA) is 38.3 Å². The number of amides is 1. The molecule has 0 radical (unpaired) electrons. The Morgan fingerprint density at radius 2 is 2.05 bits per heavy atom. The van der Waals surface area contributed by atoms with Gasteiger partial charge in [0.15, 0.2) is 0 Å². The monoisotopic (exact) mass is 291 g/mol. The lowest BCUT2D eigenvalue weighted by Crippen LogP contribution is -2.32. The Hall–Kier alpha value is -1.60. The van der Waals surface area contributed by atoms with Crippen molar-refractivity contribution >= 4 is 17.9 Å². The lowest BCUT2D eigenvalue weighted by Gasteiger charge is -2.19. The fraction of sp³-hybridized carbons (Fsp3) is 0.438. The third-order valence-corrected chi connectivity index (χ3v) is 3.04. The maximum Gasteiger partial charge on any atom is 0.407 e. The van der Waals surface area contributed by atoms with Crippen LogP contribution in [0.3, 0.4) is 0 Å². The number of benzene rings is 1. The van der Waals surface area contributed by atoms with Crippen LogP contribution in [0.1, 0.15) is 32.8 Å². The molecular weight excluding hydrogens is 270 g/mol. The van der Waals surface area contributed by atoms with E-state index in [1.807, 2.05) is 51.3 Å². The van der Waals surface area contributed by atoms with Crippen molar-refractivity contribution in [3.8, 4) is 11.8 Å². The molecule has 0 aromatic heterocycles. The van der Waals surface area contributed by atoms with Crippen LogP contribution in [0.2, 0.25) is 0 Å². The number of rotatable bonds is 3. The first-order chi connectivity index (χ1) is 9.42. The van der Waals surface area contributed by atoms with E-state index in [9.17, 15) is 4.79 Å². The summed E-state index contributed by atoms with van der Waals surface area (Å²) < 4.78 is 5.14. The number of hydrogen-bond donors (Lipinski definition) is 1. The van der Waals surface area contributed by atoms with Crippen LogP contribution in [0.5, 0.6) is 0 Å². The molecule has 20 heavy (non-hydrogen) atoms. The smallest absolute Gasteiger partial charge is 0.407 e. The maximum atomic E-state index is 11.4. The summed E-state index contributed by atoms with van der Waals surface area (Å²) in [6.07, 6.45) is 2.23. The van der Waals surface area contributed by atoms with Gasteiger partial charge in [-0.15, -0.1) is 11.8 Å². The molecule has 1 amide bonds. The van der Waals surface area contributed by atoms with Crippen molar-refractivity contribution in [2.75, 3.05) is 12.8 Å². The van der Waals surface area contributed by atoms with Gasteiger partial charge in [0, 0.05) is 23.4 Å². The van der Waals surface area contributed by atoms with E-state index >= 15 is 0 Å². The number of hydrogen-bond acceptors (Lipinski definition) is 3. The molecule has 1 rings (SSSR count). The molecule has 0 bridgehead atoms. The van der Waals surface area contributed by atoms with Gasteiger partial charge in [0.25, 0.3) is 0 Å². The van der Waals surface area contributed by atoms with Crippen molar-refractivity contribution in [2.45, 2.75) is 37.7 Å². The lowest BCUT2D eigenvalue weighted by atomic mass is 10.2. The molecule has 0 aliphatic rings. The number of alkyl carbamates (subject to hydrolysis) is 1. The molecule has 1 aromatic rings. The highest BCUT2D eigenvalue weighted by molar-refractivity contribution is 7.98. The van der Waals surface area contributed by atoms with E-state index in [-0.39, 0.29) is 0 Å². The van der Waals surface area contributed by atoms with E-state index in [1.54, 1.807) is 11.8 Å². The summed E-state index contributed by atoms with van der Waals surface area (Å²) in [5.74, 6) is 6.18. The van der Waals surface area contributed by atoms with Crippen molar-refractivity contribution in [2.24, 2.45) is 0 Å². The molecule has 108 valence electrons. The zero-order valence-electron chi connectivity index (χ0n) is 12.4. The molecule has 1 aromatic carbocycles. The Balaban J connectivity index is 2.39. The SMILES string of the molecule is CSc1ccccc1C#CCCNC(=O)OC(C)(C)C.